The second kappa shape index (κ2) is 7.37. The van der Waals surface area contributed by atoms with Crippen LogP contribution in [0, 0.1) is 13.8 Å². The van der Waals surface area contributed by atoms with E-state index >= 15 is 0 Å². The number of halogens is 1. The largest absolute Gasteiger partial charge is 0.350 e. The van der Waals surface area contributed by atoms with Gasteiger partial charge in [-0.05, 0) is 72.8 Å². The molecule has 0 aliphatic carbocycles. The van der Waals surface area contributed by atoms with Gasteiger partial charge in [0.15, 0.2) is 0 Å². The van der Waals surface area contributed by atoms with Crippen molar-refractivity contribution in [3.8, 4) is 0 Å². The molecule has 2 amide bonds. The molecule has 0 saturated carbocycles. The lowest BCUT2D eigenvalue weighted by atomic mass is 10.1. The van der Waals surface area contributed by atoms with E-state index in [1.807, 2.05) is 55.6 Å². The van der Waals surface area contributed by atoms with Crippen LogP contribution in [0.15, 0.2) is 70.1 Å². The molecule has 0 fully saturated rings. The maximum absolute atomic E-state index is 13.3. The summed E-state index contributed by atoms with van der Waals surface area (Å²) in [6, 6.07) is 16.9. The number of carbonyl (C=O) groups is 2. The molecular weight excluding hydrogens is 436 g/mol. The summed E-state index contributed by atoms with van der Waals surface area (Å²) in [6.45, 7) is 4.00. The number of imide groups is 1. The average Bonchev–Trinajstić information content (AvgIpc) is 3.23. The molecule has 4 nitrogen and oxygen atoms in total. The quantitative estimate of drug-likeness (QED) is 0.529. The number of hydrogen-bond donors (Lipinski definition) is 1. The number of benzene rings is 2. The molecule has 2 heterocycles. The smallest absolute Gasteiger partial charge is 0.282 e. The lowest BCUT2D eigenvalue weighted by Crippen LogP contribution is -2.32. The fourth-order valence-corrected chi connectivity index (χ4v) is 4.34. The zero-order chi connectivity index (χ0) is 19.8. The minimum Gasteiger partial charge on any atom is -0.350 e. The number of hydrogen-bond acceptors (Lipinski definition) is 4. The van der Waals surface area contributed by atoms with Gasteiger partial charge >= 0.3 is 0 Å². The number of thiophene rings is 1. The van der Waals surface area contributed by atoms with E-state index in [1.54, 1.807) is 12.1 Å². The van der Waals surface area contributed by atoms with Crippen LogP contribution in [0.3, 0.4) is 0 Å². The van der Waals surface area contributed by atoms with Crippen LogP contribution in [-0.2, 0) is 9.59 Å². The number of anilines is 2. The third-order valence-electron chi connectivity index (χ3n) is 4.43. The molecule has 28 heavy (non-hydrogen) atoms. The topological polar surface area (TPSA) is 49.4 Å². The second-order valence-electron chi connectivity index (χ2n) is 6.65. The predicted molar refractivity (Wildman–Crippen MR) is 117 cm³/mol. The summed E-state index contributed by atoms with van der Waals surface area (Å²) in [5.41, 5.74) is 4.22. The molecule has 0 spiro atoms. The molecule has 1 aromatic heterocycles. The number of nitrogens with zero attached hydrogens (tertiary/aromatic N) is 1. The summed E-state index contributed by atoms with van der Waals surface area (Å²) in [5.74, 6) is -0.670. The highest BCUT2D eigenvalue weighted by Crippen LogP contribution is 2.36. The van der Waals surface area contributed by atoms with Crippen LogP contribution in [0.5, 0.6) is 0 Å². The Labute approximate surface area is 175 Å². The highest BCUT2D eigenvalue weighted by Gasteiger charge is 2.40. The van der Waals surface area contributed by atoms with Crippen molar-refractivity contribution >= 4 is 56.0 Å². The lowest BCUT2D eigenvalue weighted by Gasteiger charge is -2.15. The molecule has 140 valence electrons. The SMILES string of the molecule is Cc1cc(C)cc(NC2=C(c3cccs3)C(=O)N(c3ccc(Br)cc3)C2=O)c1. The molecule has 6 heteroatoms. The third-order valence-corrected chi connectivity index (χ3v) is 5.84. The second-order valence-corrected chi connectivity index (χ2v) is 8.51. The first-order valence-corrected chi connectivity index (χ1v) is 10.4. The van der Waals surface area contributed by atoms with Gasteiger partial charge in [0.1, 0.15) is 5.70 Å². The maximum atomic E-state index is 13.3. The van der Waals surface area contributed by atoms with Gasteiger partial charge in [0.25, 0.3) is 11.8 Å². The standard InChI is InChI=1S/C22H17BrN2O2S/c1-13-10-14(2)12-16(11-13)24-20-19(18-4-3-9-28-18)21(26)25(22(20)27)17-7-5-15(23)6-8-17/h3-12,24H,1-2H3. The zero-order valence-electron chi connectivity index (χ0n) is 15.3. The van der Waals surface area contributed by atoms with E-state index in [-0.39, 0.29) is 11.8 Å². The van der Waals surface area contributed by atoms with Gasteiger partial charge in [-0.1, -0.05) is 28.1 Å². The summed E-state index contributed by atoms with van der Waals surface area (Å²) in [6.07, 6.45) is 0. The molecule has 4 rings (SSSR count). The van der Waals surface area contributed by atoms with Crippen LogP contribution in [0.25, 0.3) is 5.57 Å². The molecule has 0 atom stereocenters. The van der Waals surface area contributed by atoms with E-state index in [9.17, 15) is 9.59 Å². The molecule has 1 aliphatic rings. The van der Waals surface area contributed by atoms with Crippen LogP contribution in [0.1, 0.15) is 16.0 Å². The fraction of sp³-hybridized carbons (Fsp3) is 0.0909. The minimum atomic E-state index is -0.352. The normalized spacial score (nSPS) is 14.2. The van der Waals surface area contributed by atoms with Gasteiger partial charge in [-0.3, -0.25) is 9.59 Å². The Kier molecular flexibility index (Phi) is 4.91. The van der Waals surface area contributed by atoms with Crippen molar-refractivity contribution in [2.45, 2.75) is 13.8 Å². The highest BCUT2D eigenvalue weighted by molar-refractivity contribution is 9.10. The maximum Gasteiger partial charge on any atom is 0.282 e. The Morgan fingerprint density at radius 3 is 2.21 bits per heavy atom. The number of aryl methyl sites for hydroxylation is 2. The number of carbonyl (C=O) groups excluding carboxylic acids is 2. The average molecular weight is 453 g/mol. The summed E-state index contributed by atoms with van der Waals surface area (Å²) in [7, 11) is 0. The summed E-state index contributed by atoms with van der Waals surface area (Å²) < 4.78 is 0.885. The van der Waals surface area contributed by atoms with Crippen LogP contribution >= 0.6 is 27.3 Å². The molecule has 3 aromatic rings. The van der Waals surface area contributed by atoms with Crippen molar-refractivity contribution in [2.75, 3.05) is 10.2 Å². The van der Waals surface area contributed by atoms with Crippen LogP contribution < -0.4 is 10.2 Å². The van der Waals surface area contributed by atoms with Gasteiger partial charge in [-0.15, -0.1) is 11.3 Å². The van der Waals surface area contributed by atoms with Gasteiger partial charge in [0, 0.05) is 15.0 Å². The summed E-state index contributed by atoms with van der Waals surface area (Å²) in [4.78, 5) is 28.5. The Balaban J connectivity index is 1.80. The Bertz CT molecular complexity index is 1080. The Hall–Kier alpha value is -2.70. The highest BCUT2D eigenvalue weighted by atomic mass is 79.9. The van der Waals surface area contributed by atoms with Gasteiger partial charge in [0.2, 0.25) is 0 Å². The molecule has 0 saturated heterocycles. The van der Waals surface area contributed by atoms with Crippen molar-refractivity contribution in [3.63, 3.8) is 0 Å². The van der Waals surface area contributed by atoms with Gasteiger partial charge in [0.05, 0.1) is 11.3 Å². The van der Waals surface area contributed by atoms with Crippen LogP contribution in [0.2, 0.25) is 0 Å². The molecular formula is C22H17BrN2O2S. The van der Waals surface area contributed by atoms with Gasteiger partial charge in [-0.2, -0.15) is 0 Å². The third kappa shape index (κ3) is 3.41. The van der Waals surface area contributed by atoms with Gasteiger partial charge < -0.3 is 5.32 Å². The van der Waals surface area contributed by atoms with Crippen molar-refractivity contribution < 1.29 is 9.59 Å². The first-order valence-electron chi connectivity index (χ1n) is 8.72. The Morgan fingerprint density at radius 2 is 1.61 bits per heavy atom. The first kappa shape index (κ1) is 18.7. The van der Waals surface area contributed by atoms with E-state index in [4.69, 9.17) is 0 Å². The number of amides is 2. The summed E-state index contributed by atoms with van der Waals surface area (Å²) >= 11 is 4.83. The first-order chi connectivity index (χ1) is 13.4. The van der Waals surface area contributed by atoms with Crippen molar-refractivity contribution in [3.05, 3.63) is 86.2 Å². The number of nitrogens with one attached hydrogen (secondary N) is 1. The van der Waals surface area contributed by atoms with Crippen molar-refractivity contribution in [1.29, 1.82) is 0 Å². The monoisotopic (exact) mass is 452 g/mol. The van der Waals surface area contributed by atoms with E-state index in [1.165, 1.54) is 16.2 Å². The molecule has 2 aromatic carbocycles. The predicted octanol–water partition coefficient (Wildman–Crippen LogP) is 5.52. The number of rotatable bonds is 4. The van der Waals surface area contributed by atoms with Crippen LogP contribution in [-0.4, -0.2) is 11.8 Å². The van der Waals surface area contributed by atoms with E-state index in [0.717, 1.165) is 26.2 Å². The Morgan fingerprint density at radius 1 is 0.929 bits per heavy atom. The van der Waals surface area contributed by atoms with E-state index < -0.39 is 0 Å². The molecule has 1 aliphatic heterocycles. The summed E-state index contributed by atoms with van der Waals surface area (Å²) in [5, 5.41) is 5.12. The van der Waals surface area contributed by atoms with Crippen molar-refractivity contribution in [2.24, 2.45) is 0 Å². The molecule has 1 N–H and O–H groups in total. The van der Waals surface area contributed by atoms with Crippen molar-refractivity contribution in [1.82, 2.24) is 0 Å². The van der Waals surface area contributed by atoms with E-state index in [2.05, 4.69) is 27.3 Å². The minimum absolute atomic E-state index is 0.306. The zero-order valence-corrected chi connectivity index (χ0v) is 17.7. The van der Waals surface area contributed by atoms with Gasteiger partial charge in [-0.25, -0.2) is 4.90 Å². The fourth-order valence-electron chi connectivity index (χ4n) is 3.31. The van der Waals surface area contributed by atoms with E-state index in [0.29, 0.717) is 17.0 Å². The molecule has 0 radical (unpaired) electrons. The molecule has 0 unspecified atom stereocenters. The molecule has 0 bridgehead atoms. The van der Waals surface area contributed by atoms with Crippen LogP contribution in [0.4, 0.5) is 11.4 Å². The lowest BCUT2D eigenvalue weighted by molar-refractivity contribution is -0.120.